The van der Waals surface area contributed by atoms with Crippen LogP contribution in [0.2, 0.25) is 5.02 Å². The molecule has 3 aromatic rings. The van der Waals surface area contributed by atoms with Crippen LogP contribution < -0.4 is 5.32 Å². The molecule has 0 aliphatic heterocycles. The fraction of sp³-hybridized carbons (Fsp3) is 0.0556. The van der Waals surface area contributed by atoms with Crippen LogP contribution in [0, 0.1) is 6.92 Å². The third-order valence-electron chi connectivity index (χ3n) is 3.59. The number of nitrogens with one attached hydrogen (secondary N) is 1. The van der Waals surface area contributed by atoms with E-state index < -0.39 is 9.84 Å². The number of sulfone groups is 1. The molecular formula is C18H14ClNO3S2. The molecule has 4 nitrogen and oxygen atoms in total. The molecule has 0 spiro atoms. The molecule has 1 N–H and O–H groups in total. The molecule has 0 aliphatic carbocycles. The fourth-order valence-corrected chi connectivity index (χ4v) is 4.94. The third kappa shape index (κ3) is 3.76. The number of halogens is 1. The van der Waals surface area contributed by atoms with Crippen LogP contribution in [-0.4, -0.2) is 14.3 Å². The highest BCUT2D eigenvalue weighted by molar-refractivity contribution is 7.93. The number of hydrogen-bond acceptors (Lipinski definition) is 4. The van der Waals surface area contributed by atoms with E-state index >= 15 is 0 Å². The van der Waals surface area contributed by atoms with Crippen LogP contribution in [0.15, 0.2) is 69.8 Å². The minimum Gasteiger partial charge on any atom is -0.321 e. The van der Waals surface area contributed by atoms with E-state index in [1.165, 1.54) is 36.4 Å². The lowest BCUT2D eigenvalue weighted by Crippen LogP contribution is -2.10. The van der Waals surface area contributed by atoms with Crippen LogP contribution >= 0.6 is 22.9 Å². The largest absolute Gasteiger partial charge is 0.321 e. The number of carbonyl (C=O) groups is 1. The van der Waals surface area contributed by atoms with E-state index in [-0.39, 0.29) is 15.0 Å². The quantitative estimate of drug-likeness (QED) is 0.695. The maximum Gasteiger partial charge on any atom is 0.265 e. The Morgan fingerprint density at radius 2 is 1.68 bits per heavy atom. The van der Waals surface area contributed by atoms with Gasteiger partial charge in [0.15, 0.2) is 0 Å². The predicted octanol–water partition coefficient (Wildman–Crippen LogP) is 4.80. The first-order valence-corrected chi connectivity index (χ1v) is 10.0. The number of carbonyl (C=O) groups excluding carboxylic acids is 1. The van der Waals surface area contributed by atoms with Crippen LogP contribution in [0.3, 0.4) is 0 Å². The van der Waals surface area contributed by atoms with Crippen LogP contribution in [0.1, 0.15) is 15.2 Å². The van der Waals surface area contributed by atoms with E-state index in [2.05, 4.69) is 5.32 Å². The molecule has 0 saturated carbocycles. The summed E-state index contributed by atoms with van der Waals surface area (Å²) in [5.74, 6) is -0.336. The molecule has 1 amide bonds. The molecule has 0 aliphatic rings. The van der Waals surface area contributed by atoms with Gasteiger partial charge >= 0.3 is 0 Å². The summed E-state index contributed by atoms with van der Waals surface area (Å²) in [5, 5.41) is 3.26. The van der Waals surface area contributed by atoms with Crippen LogP contribution in [0.5, 0.6) is 0 Å². The van der Waals surface area contributed by atoms with E-state index in [0.717, 1.165) is 16.9 Å². The van der Waals surface area contributed by atoms with Crippen LogP contribution in [0.25, 0.3) is 0 Å². The minimum atomic E-state index is -3.67. The summed E-state index contributed by atoms with van der Waals surface area (Å²) >= 11 is 6.74. The van der Waals surface area contributed by atoms with Crippen molar-refractivity contribution in [2.45, 2.75) is 16.0 Å². The van der Waals surface area contributed by atoms with Gasteiger partial charge in [-0.3, -0.25) is 4.79 Å². The SMILES string of the molecule is Cc1ccccc1NC(=O)c1ccc(S(=O)(=O)c2ccc(Cl)cc2)s1. The van der Waals surface area contributed by atoms with E-state index in [9.17, 15) is 13.2 Å². The normalized spacial score (nSPS) is 11.3. The van der Waals surface area contributed by atoms with Gasteiger partial charge in [-0.25, -0.2) is 8.42 Å². The Kier molecular flexibility index (Phi) is 4.94. The van der Waals surface area contributed by atoms with E-state index in [0.29, 0.717) is 15.6 Å². The monoisotopic (exact) mass is 391 g/mol. The van der Waals surface area contributed by atoms with Gasteiger partial charge in [0.05, 0.1) is 9.77 Å². The number of aryl methyl sites for hydroxylation is 1. The summed E-state index contributed by atoms with van der Waals surface area (Å²) in [5.41, 5.74) is 1.63. The van der Waals surface area contributed by atoms with Gasteiger partial charge in [-0.1, -0.05) is 29.8 Å². The summed E-state index contributed by atoms with van der Waals surface area (Å²) in [6, 6.07) is 16.3. The zero-order chi connectivity index (χ0) is 18.0. The van der Waals surface area contributed by atoms with E-state index in [1.54, 1.807) is 6.07 Å². The Hall–Kier alpha value is -2.15. The smallest absolute Gasteiger partial charge is 0.265 e. The first-order chi connectivity index (χ1) is 11.9. The lowest BCUT2D eigenvalue weighted by atomic mass is 10.2. The molecule has 0 radical (unpaired) electrons. The average molecular weight is 392 g/mol. The second-order valence-electron chi connectivity index (χ2n) is 5.35. The van der Waals surface area contributed by atoms with Gasteiger partial charge < -0.3 is 5.32 Å². The number of anilines is 1. The van der Waals surface area contributed by atoms with Crippen molar-refractivity contribution in [1.82, 2.24) is 0 Å². The van der Waals surface area contributed by atoms with Crippen molar-refractivity contribution in [3.63, 3.8) is 0 Å². The van der Waals surface area contributed by atoms with Gasteiger partial charge in [-0.15, -0.1) is 11.3 Å². The number of benzene rings is 2. The predicted molar refractivity (Wildman–Crippen MR) is 100 cm³/mol. The molecule has 0 fully saturated rings. The second-order valence-corrected chi connectivity index (χ2v) is 9.04. The number of thiophene rings is 1. The Morgan fingerprint density at radius 3 is 2.36 bits per heavy atom. The molecule has 1 heterocycles. The highest BCUT2D eigenvalue weighted by Gasteiger charge is 2.21. The number of hydrogen-bond donors (Lipinski definition) is 1. The molecule has 0 saturated heterocycles. The number of rotatable bonds is 4. The Bertz CT molecular complexity index is 1020. The average Bonchev–Trinajstić information content (AvgIpc) is 3.08. The summed E-state index contributed by atoms with van der Waals surface area (Å²) < 4.78 is 25.4. The van der Waals surface area contributed by atoms with Gasteiger partial charge in [-0.2, -0.15) is 0 Å². The highest BCUT2D eigenvalue weighted by atomic mass is 35.5. The molecule has 0 unspecified atom stereocenters. The molecule has 7 heteroatoms. The molecule has 2 aromatic carbocycles. The van der Waals surface area contributed by atoms with Gasteiger partial charge in [0.2, 0.25) is 9.84 Å². The second kappa shape index (κ2) is 7.00. The van der Waals surface area contributed by atoms with E-state index in [1.807, 2.05) is 25.1 Å². The first kappa shape index (κ1) is 17.7. The van der Waals surface area contributed by atoms with Crippen LogP contribution in [0.4, 0.5) is 5.69 Å². The van der Waals surface area contributed by atoms with Gasteiger partial charge in [0, 0.05) is 10.7 Å². The zero-order valence-corrected chi connectivity index (χ0v) is 15.6. The van der Waals surface area contributed by atoms with Crippen molar-refractivity contribution in [1.29, 1.82) is 0 Å². The Morgan fingerprint density at radius 1 is 1.00 bits per heavy atom. The van der Waals surface area contributed by atoms with Crippen molar-refractivity contribution in [2.75, 3.05) is 5.32 Å². The van der Waals surface area contributed by atoms with Gasteiger partial charge in [0.25, 0.3) is 5.91 Å². The standard InChI is InChI=1S/C18H14ClNO3S2/c1-12-4-2-3-5-15(12)20-18(21)16-10-11-17(24-16)25(22,23)14-8-6-13(19)7-9-14/h2-11H,1H3,(H,20,21). The molecule has 0 atom stereocenters. The molecule has 0 bridgehead atoms. The zero-order valence-electron chi connectivity index (χ0n) is 13.2. The van der Waals surface area contributed by atoms with Crippen molar-refractivity contribution in [3.8, 4) is 0 Å². The maximum atomic E-state index is 12.6. The lowest BCUT2D eigenvalue weighted by molar-refractivity contribution is 0.103. The topological polar surface area (TPSA) is 63.2 Å². The molecule has 25 heavy (non-hydrogen) atoms. The fourth-order valence-electron chi connectivity index (χ4n) is 2.21. The summed E-state index contributed by atoms with van der Waals surface area (Å²) in [7, 11) is -3.67. The number of para-hydroxylation sites is 1. The summed E-state index contributed by atoms with van der Waals surface area (Å²) in [6.45, 7) is 1.89. The van der Waals surface area contributed by atoms with E-state index in [4.69, 9.17) is 11.6 Å². The number of amides is 1. The highest BCUT2D eigenvalue weighted by Crippen LogP contribution is 2.29. The van der Waals surface area contributed by atoms with Gasteiger partial charge in [-0.05, 0) is 55.0 Å². The van der Waals surface area contributed by atoms with Crippen molar-refractivity contribution < 1.29 is 13.2 Å². The minimum absolute atomic E-state index is 0.116. The van der Waals surface area contributed by atoms with Crippen molar-refractivity contribution >= 4 is 44.4 Å². The summed E-state index contributed by atoms with van der Waals surface area (Å²) in [6.07, 6.45) is 0. The molecule has 1 aromatic heterocycles. The maximum absolute atomic E-state index is 12.6. The third-order valence-corrected chi connectivity index (χ3v) is 7.18. The summed E-state index contributed by atoms with van der Waals surface area (Å²) in [4.78, 5) is 12.8. The molecular weight excluding hydrogens is 378 g/mol. The Labute approximate surface area is 155 Å². The van der Waals surface area contributed by atoms with Crippen molar-refractivity contribution in [2.24, 2.45) is 0 Å². The van der Waals surface area contributed by atoms with Crippen LogP contribution in [-0.2, 0) is 9.84 Å². The Balaban J connectivity index is 1.85. The van der Waals surface area contributed by atoms with Crippen molar-refractivity contribution in [3.05, 3.63) is 76.1 Å². The van der Waals surface area contributed by atoms with Gasteiger partial charge in [0.1, 0.15) is 4.21 Å². The molecule has 128 valence electrons. The first-order valence-electron chi connectivity index (χ1n) is 7.35. The molecule has 3 rings (SSSR count). The lowest BCUT2D eigenvalue weighted by Gasteiger charge is -2.06.